The number of para-hydroxylation sites is 1. The number of rotatable bonds is 3. The second kappa shape index (κ2) is 6.27. The summed E-state index contributed by atoms with van der Waals surface area (Å²) in [4.78, 5) is 11.5. The van der Waals surface area contributed by atoms with Gasteiger partial charge in [0.25, 0.3) is 0 Å². The Bertz CT molecular complexity index is 832. The van der Waals surface area contributed by atoms with E-state index in [0.29, 0.717) is 10.0 Å². The second-order valence-corrected chi connectivity index (χ2v) is 7.67. The lowest BCUT2D eigenvalue weighted by Gasteiger charge is -2.42. The van der Waals surface area contributed by atoms with Crippen molar-refractivity contribution in [3.8, 4) is 0 Å². The molecule has 3 rings (SSSR count). The van der Waals surface area contributed by atoms with E-state index < -0.39 is 0 Å². The molecule has 0 saturated heterocycles. The zero-order valence-electron chi connectivity index (χ0n) is 13.9. The quantitative estimate of drug-likeness (QED) is 0.684. The minimum Gasteiger partial charge on any atom is -0.326 e. The van der Waals surface area contributed by atoms with E-state index in [1.807, 2.05) is 36.4 Å². The van der Waals surface area contributed by atoms with Gasteiger partial charge in [-0.2, -0.15) is 0 Å². The lowest BCUT2D eigenvalue weighted by Crippen LogP contribution is -2.26. The summed E-state index contributed by atoms with van der Waals surface area (Å²) in [7, 11) is 0. The van der Waals surface area contributed by atoms with E-state index in [0.717, 1.165) is 23.2 Å². The Hall–Kier alpha value is -1.77. The van der Waals surface area contributed by atoms with Crippen LogP contribution in [0.2, 0.25) is 10.0 Å². The van der Waals surface area contributed by atoms with Gasteiger partial charge >= 0.3 is 0 Å². The van der Waals surface area contributed by atoms with Crippen LogP contribution in [0.1, 0.15) is 38.3 Å². The van der Waals surface area contributed by atoms with Gasteiger partial charge in [-0.1, -0.05) is 55.2 Å². The predicted octanol–water partition coefficient (Wildman–Crippen LogP) is 6.29. The third-order valence-corrected chi connectivity index (χ3v) is 4.75. The van der Waals surface area contributed by atoms with Crippen molar-refractivity contribution in [3.63, 3.8) is 0 Å². The summed E-state index contributed by atoms with van der Waals surface area (Å²) in [6, 6.07) is 13.5. The molecule has 0 spiro atoms. The smallest absolute Gasteiger partial charge is 0.221 e. The van der Waals surface area contributed by atoms with Crippen LogP contribution in [0.5, 0.6) is 0 Å². The number of benzene rings is 2. The zero-order valence-corrected chi connectivity index (χ0v) is 15.4. The average Bonchev–Trinajstić information content (AvgIpc) is 2.44. The topological polar surface area (TPSA) is 29.1 Å². The standard InChI is InChI=1S/C20H19Cl2NO/c1-12(24)23-18-7-5-4-6-16(18)17-11-20(2,3)19(17)13-8-14(21)10-15(22)9-13/h4-10H,11H2,1-3H3,(H,23,24). The fourth-order valence-electron chi connectivity index (χ4n) is 3.46. The third-order valence-electron chi connectivity index (χ3n) is 4.31. The molecule has 0 unspecified atom stereocenters. The summed E-state index contributed by atoms with van der Waals surface area (Å²) in [5.41, 5.74) is 5.41. The van der Waals surface area contributed by atoms with Gasteiger partial charge < -0.3 is 5.32 Å². The molecule has 0 radical (unpaired) electrons. The van der Waals surface area contributed by atoms with Gasteiger partial charge in [-0.05, 0) is 52.8 Å². The molecule has 0 aliphatic heterocycles. The molecule has 4 heteroatoms. The highest BCUT2D eigenvalue weighted by Crippen LogP contribution is 2.56. The Kier molecular flexibility index (Phi) is 4.46. The maximum Gasteiger partial charge on any atom is 0.221 e. The van der Waals surface area contributed by atoms with E-state index in [1.165, 1.54) is 18.1 Å². The predicted molar refractivity (Wildman–Crippen MR) is 102 cm³/mol. The van der Waals surface area contributed by atoms with Crippen molar-refractivity contribution in [2.75, 3.05) is 5.32 Å². The minimum absolute atomic E-state index is 0.0344. The number of amides is 1. The molecule has 1 amide bonds. The summed E-state index contributed by atoms with van der Waals surface area (Å²) in [5.74, 6) is -0.0750. The van der Waals surface area contributed by atoms with Crippen molar-refractivity contribution in [2.45, 2.75) is 27.2 Å². The van der Waals surface area contributed by atoms with Crippen LogP contribution < -0.4 is 5.32 Å². The fourth-order valence-corrected chi connectivity index (χ4v) is 3.98. The van der Waals surface area contributed by atoms with Crippen molar-refractivity contribution in [3.05, 3.63) is 63.6 Å². The fraction of sp³-hybridized carbons (Fsp3) is 0.250. The maximum absolute atomic E-state index is 11.5. The SMILES string of the molecule is CC(=O)Nc1ccccc1C1=C(c2cc(Cl)cc(Cl)c2)C(C)(C)C1. The summed E-state index contributed by atoms with van der Waals surface area (Å²) >= 11 is 12.4. The first kappa shape index (κ1) is 17.1. The molecular weight excluding hydrogens is 341 g/mol. The Morgan fingerprint density at radius 2 is 1.71 bits per heavy atom. The van der Waals surface area contributed by atoms with E-state index in [-0.39, 0.29) is 11.3 Å². The van der Waals surface area contributed by atoms with Gasteiger partial charge in [0.1, 0.15) is 0 Å². The first-order chi connectivity index (χ1) is 11.3. The van der Waals surface area contributed by atoms with Crippen molar-refractivity contribution in [1.29, 1.82) is 0 Å². The van der Waals surface area contributed by atoms with Gasteiger partial charge in [-0.25, -0.2) is 0 Å². The molecule has 24 heavy (non-hydrogen) atoms. The molecule has 0 bridgehead atoms. The highest BCUT2D eigenvalue weighted by atomic mass is 35.5. The lowest BCUT2D eigenvalue weighted by atomic mass is 9.62. The Morgan fingerprint density at radius 1 is 1.08 bits per heavy atom. The summed E-state index contributed by atoms with van der Waals surface area (Å²) < 4.78 is 0. The highest BCUT2D eigenvalue weighted by Gasteiger charge is 2.39. The van der Waals surface area contributed by atoms with Gasteiger partial charge in [0, 0.05) is 28.2 Å². The molecule has 2 nitrogen and oxygen atoms in total. The van der Waals surface area contributed by atoms with Crippen LogP contribution in [0.3, 0.4) is 0 Å². The molecule has 124 valence electrons. The maximum atomic E-state index is 11.5. The first-order valence-electron chi connectivity index (χ1n) is 7.85. The molecule has 0 heterocycles. The summed E-state index contributed by atoms with van der Waals surface area (Å²) in [5, 5.41) is 4.17. The Morgan fingerprint density at radius 3 is 2.29 bits per heavy atom. The highest BCUT2D eigenvalue weighted by molar-refractivity contribution is 6.35. The zero-order chi connectivity index (χ0) is 17.5. The van der Waals surface area contributed by atoms with E-state index in [4.69, 9.17) is 23.2 Å². The second-order valence-electron chi connectivity index (χ2n) is 6.80. The number of hydrogen-bond donors (Lipinski definition) is 1. The largest absolute Gasteiger partial charge is 0.326 e. The van der Waals surface area contributed by atoms with E-state index >= 15 is 0 Å². The van der Waals surface area contributed by atoms with Crippen LogP contribution in [0.25, 0.3) is 11.1 Å². The molecular formula is C20H19Cl2NO. The normalized spacial score (nSPS) is 15.9. The van der Waals surface area contributed by atoms with Crippen LogP contribution in [-0.2, 0) is 4.79 Å². The molecule has 0 fully saturated rings. The number of allylic oxidation sites excluding steroid dienone is 2. The van der Waals surface area contributed by atoms with Crippen molar-refractivity contribution < 1.29 is 4.79 Å². The van der Waals surface area contributed by atoms with E-state index in [1.54, 1.807) is 6.07 Å². The molecule has 2 aromatic carbocycles. The molecule has 0 aromatic heterocycles. The molecule has 2 aromatic rings. The third kappa shape index (κ3) is 3.22. The molecule has 0 saturated carbocycles. The Balaban J connectivity index is 2.17. The number of hydrogen-bond acceptors (Lipinski definition) is 1. The van der Waals surface area contributed by atoms with Gasteiger partial charge in [0.15, 0.2) is 0 Å². The number of halogens is 2. The van der Waals surface area contributed by atoms with Gasteiger partial charge in [0.2, 0.25) is 5.91 Å². The Labute approximate surface area is 152 Å². The van der Waals surface area contributed by atoms with Gasteiger partial charge in [-0.3, -0.25) is 4.79 Å². The van der Waals surface area contributed by atoms with E-state index in [2.05, 4.69) is 19.2 Å². The summed E-state index contributed by atoms with van der Waals surface area (Å²) in [6.07, 6.45) is 0.934. The number of carbonyl (C=O) groups is 1. The summed E-state index contributed by atoms with van der Waals surface area (Å²) in [6.45, 7) is 5.94. The van der Waals surface area contributed by atoms with Crippen LogP contribution in [0.15, 0.2) is 42.5 Å². The number of nitrogens with one attached hydrogen (secondary N) is 1. The van der Waals surface area contributed by atoms with Gasteiger partial charge in [0.05, 0.1) is 0 Å². The van der Waals surface area contributed by atoms with Crippen LogP contribution in [0, 0.1) is 5.41 Å². The van der Waals surface area contributed by atoms with Crippen molar-refractivity contribution in [1.82, 2.24) is 0 Å². The molecule has 1 N–H and O–H groups in total. The lowest BCUT2D eigenvalue weighted by molar-refractivity contribution is -0.114. The van der Waals surface area contributed by atoms with Crippen LogP contribution >= 0.6 is 23.2 Å². The van der Waals surface area contributed by atoms with Gasteiger partial charge in [-0.15, -0.1) is 0 Å². The van der Waals surface area contributed by atoms with E-state index in [9.17, 15) is 4.79 Å². The minimum atomic E-state index is -0.0750. The van der Waals surface area contributed by atoms with Crippen molar-refractivity contribution >= 4 is 45.9 Å². The number of anilines is 1. The van der Waals surface area contributed by atoms with Crippen LogP contribution in [0.4, 0.5) is 5.69 Å². The number of carbonyl (C=O) groups excluding carboxylic acids is 1. The molecule has 1 aliphatic rings. The molecule has 0 atom stereocenters. The molecule has 1 aliphatic carbocycles. The van der Waals surface area contributed by atoms with Crippen molar-refractivity contribution in [2.24, 2.45) is 5.41 Å². The van der Waals surface area contributed by atoms with Crippen LogP contribution in [-0.4, -0.2) is 5.91 Å². The monoisotopic (exact) mass is 359 g/mol. The average molecular weight is 360 g/mol. The first-order valence-corrected chi connectivity index (χ1v) is 8.60.